The van der Waals surface area contributed by atoms with Crippen molar-refractivity contribution in [2.45, 2.75) is 5.75 Å². The van der Waals surface area contributed by atoms with Gasteiger partial charge in [-0.1, -0.05) is 41.0 Å². The van der Waals surface area contributed by atoms with Crippen molar-refractivity contribution in [3.05, 3.63) is 73.8 Å². The molecule has 0 fully saturated rings. The molecule has 1 aliphatic rings. The first-order valence-electron chi connectivity index (χ1n) is 7.63. The number of carbonyl (C=O) groups excluding carboxylic acids is 1. The second-order valence-corrected chi connectivity index (χ2v) is 7.24. The van der Waals surface area contributed by atoms with Gasteiger partial charge in [0.25, 0.3) is 11.6 Å². The molecule has 0 aliphatic carbocycles. The summed E-state index contributed by atoms with van der Waals surface area (Å²) in [7, 11) is 0. The Morgan fingerprint density at radius 1 is 1.23 bits per heavy atom. The molecule has 0 bridgehead atoms. The summed E-state index contributed by atoms with van der Waals surface area (Å²) in [4.78, 5) is 28.9. The Balaban J connectivity index is 1.69. The van der Waals surface area contributed by atoms with Gasteiger partial charge < -0.3 is 0 Å². The second-order valence-electron chi connectivity index (χ2n) is 5.45. The third-order valence-corrected chi connectivity index (χ3v) is 5.39. The minimum absolute atomic E-state index is 0.0522. The number of hydrogen-bond donors (Lipinski definition) is 0. The van der Waals surface area contributed by atoms with E-state index in [-0.39, 0.29) is 11.6 Å². The third kappa shape index (κ3) is 4.17. The normalized spacial score (nSPS) is 13.6. The Bertz CT molecular complexity index is 887. The van der Waals surface area contributed by atoms with Crippen LogP contribution in [-0.4, -0.2) is 34.0 Å². The van der Waals surface area contributed by atoms with Crippen LogP contribution < -0.4 is 0 Å². The summed E-state index contributed by atoms with van der Waals surface area (Å²) < 4.78 is 0. The molecule has 1 amide bonds. The Kier molecular flexibility index (Phi) is 5.80. The molecule has 6 nitrogen and oxygen atoms in total. The number of nitro benzene ring substituents is 1. The van der Waals surface area contributed by atoms with Crippen LogP contribution in [0, 0.1) is 10.1 Å². The topological polar surface area (TPSA) is 75.8 Å². The summed E-state index contributed by atoms with van der Waals surface area (Å²) in [5, 5.41) is 12.5. The molecule has 134 valence electrons. The van der Waals surface area contributed by atoms with Crippen molar-refractivity contribution in [2.75, 3.05) is 13.1 Å². The molecule has 2 aromatic carbocycles. The van der Waals surface area contributed by atoms with E-state index in [2.05, 4.69) is 4.99 Å². The summed E-state index contributed by atoms with van der Waals surface area (Å²) >= 11 is 13.5. The van der Waals surface area contributed by atoms with Gasteiger partial charge in [-0.2, -0.15) is 0 Å². The van der Waals surface area contributed by atoms with E-state index in [0.29, 0.717) is 39.6 Å². The van der Waals surface area contributed by atoms with Gasteiger partial charge in [0.1, 0.15) is 0 Å². The van der Waals surface area contributed by atoms with Gasteiger partial charge in [0.15, 0.2) is 5.17 Å². The zero-order valence-electron chi connectivity index (χ0n) is 13.4. The second kappa shape index (κ2) is 8.07. The maximum atomic E-state index is 12.7. The number of nitrogens with zero attached hydrogens (tertiary/aromatic N) is 3. The zero-order chi connectivity index (χ0) is 18.7. The SMILES string of the molecule is O=C(c1ccc([N+](=O)[O-])cc1)N1CCN=C1SCc1ccc(Cl)cc1Cl. The zero-order valence-corrected chi connectivity index (χ0v) is 15.7. The van der Waals surface area contributed by atoms with Crippen LogP contribution in [0.1, 0.15) is 15.9 Å². The molecule has 26 heavy (non-hydrogen) atoms. The van der Waals surface area contributed by atoms with Crippen LogP contribution in [0.15, 0.2) is 47.5 Å². The largest absolute Gasteiger partial charge is 0.286 e. The highest BCUT2D eigenvalue weighted by Gasteiger charge is 2.25. The number of halogens is 2. The van der Waals surface area contributed by atoms with Crippen molar-refractivity contribution in [1.29, 1.82) is 0 Å². The fourth-order valence-electron chi connectivity index (χ4n) is 2.40. The lowest BCUT2D eigenvalue weighted by Gasteiger charge is -2.18. The molecule has 0 spiro atoms. The average molecular weight is 410 g/mol. The number of thioether (sulfide) groups is 1. The summed E-state index contributed by atoms with van der Waals surface area (Å²) in [5.74, 6) is 0.324. The summed E-state index contributed by atoms with van der Waals surface area (Å²) in [6.07, 6.45) is 0. The van der Waals surface area contributed by atoms with Crippen LogP contribution in [-0.2, 0) is 5.75 Å². The summed E-state index contributed by atoms with van der Waals surface area (Å²) in [6, 6.07) is 10.8. The molecule has 0 N–H and O–H groups in total. The minimum Gasteiger partial charge on any atom is -0.286 e. The maximum absolute atomic E-state index is 12.7. The monoisotopic (exact) mass is 409 g/mol. The Morgan fingerprint density at radius 3 is 2.62 bits per heavy atom. The molecule has 0 radical (unpaired) electrons. The first-order valence-corrected chi connectivity index (χ1v) is 9.37. The molecule has 3 rings (SSSR count). The molecule has 2 aromatic rings. The Morgan fingerprint density at radius 2 is 1.96 bits per heavy atom. The summed E-state index contributed by atoms with van der Waals surface area (Å²) in [6.45, 7) is 1.00. The number of hydrogen-bond acceptors (Lipinski definition) is 5. The van der Waals surface area contributed by atoms with Gasteiger partial charge in [-0.05, 0) is 29.8 Å². The van der Waals surface area contributed by atoms with E-state index >= 15 is 0 Å². The van der Waals surface area contributed by atoms with Crippen molar-refractivity contribution in [3.8, 4) is 0 Å². The Labute approximate surface area is 164 Å². The van der Waals surface area contributed by atoms with E-state index in [4.69, 9.17) is 23.2 Å². The minimum atomic E-state index is -0.497. The number of nitro groups is 1. The van der Waals surface area contributed by atoms with Crippen LogP contribution in [0.5, 0.6) is 0 Å². The van der Waals surface area contributed by atoms with Crippen LogP contribution in [0.25, 0.3) is 0 Å². The van der Waals surface area contributed by atoms with Crippen molar-refractivity contribution < 1.29 is 9.72 Å². The molecule has 0 saturated heterocycles. The van der Waals surface area contributed by atoms with Gasteiger partial charge >= 0.3 is 0 Å². The molecule has 1 heterocycles. The molecule has 0 unspecified atom stereocenters. The number of benzene rings is 2. The van der Waals surface area contributed by atoms with E-state index in [0.717, 1.165) is 5.56 Å². The maximum Gasteiger partial charge on any atom is 0.269 e. The van der Waals surface area contributed by atoms with E-state index in [9.17, 15) is 14.9 Å². The van der Waals surface area contributed by atoms with Gasteiger partial charge in [0.05, 0.1) is 11.5 Å². The number of carbonyl (C=O) groups is 1. The Hall–Kier alpha value is -2.09. The number of aliphatic imine (C=N–C) groups is 1. The standard InChI is InChI=1S/C17H13Cl2N3O3S/c18-13-4-1-12(15(19)9-13)10-26-17-20-7-8-21(17)16(23)11-2-5-14(6-3-11)22(24)25/h1-6,9H,7-8,10H2. The number of amidine groups is 1. The van der Waals surface area contributed by atoms with Gasteiger partial charge in [-0.25, -0.2) is 0 Å². The lowest BCUT2D eigenvalue weighted by molar-refractivity contribution is -0.384. The molecular formula is C17H13Cl2N3O3S. The number of rotatable bonds is 4. The lowest BCUT2D eigenvalue weighted by atomic mass is 10.2. The van der Waals surface area contributed by atoms with Crippen LogP contribution in [0.2, 0.25) is 10.0 Å². The van der Waals surface area contributed by atoms with Crippen molar-refractivity contribution >= 4 is 51.7 Å². The van der Waals surface area contributed by atoms with Crippen molar-refractivity contribution in [2.24, 2.45) is 4.99 Å². The van der Waals surface area contributed by atoms with E-state index in [1.807, 2.05) is 6.07 Å². The first-order chi connectivity index (χ1) is 12.5. The lowest BCUT2D eigenvalue weighted by Crippen LogP contribution is -2.32. The quantitative estimate of drug-likeness (QED) is 0.543. The fraction of sp³-hybridized carbons (Fsp3) is 0.176. The molecule has 0 saturated carbocycles. The first kappa shape index (κ1) is 18.7. The van der Waals surface area contributed by atoms with Crippen LogP contribution >= 0.6 is 35.0 Å². The van der Waals surface area contributed by atoms with Gasteiger partial charge in [-0.15, -0.1) is 0 Å². The van der Waals surface area contributed by atoms with Gasteiger partial charge in [-0.3, -0.25) is 24.8 Å². The van der Waals surface area contributed by atoms with Crippen molar-refractivity contribution in [3.63, 3.8) is 0 Å². The number of non-ortho nitro benzene ring substituents is 1. The predicted molar refractivity (Wildman–Crippen MR) is 104 cm³/mol. The van der Waals surface area contributed by atoms with Crippen LogP contribution in [0.3, 0.4) is 0 Å². The molecule has 1 aliphatic heterocycles. The fourth-order valence-corrected chi connectivity index (χ4v) is 4.00. The summed E-state index contributed by atoms with van der Waals surface area (Å²) in [5.41, 5.74) is 1.23. The van der Waals surface area contributed by atoms with E-state index in [1.165, 1.54) is 36.0 Å². The average Bonchev–Trinajstić information content (AvgIpc) is 3.09. The van der Waals surface area contributed by atoms with Crippen LogP contribution in [0.4, 0.5) is 5.69 Å². The van der Waals surface area contributed by atoms with Gasteiger partial charge in [0.2, 0.25) is 0 Å². The molecule has 9 heteroatoms. The third-order valence-electron chi connectivity index (χ3n) is 3.74. The molecule has 0 aromatic heterocycles. The molecular weight excluding hydrogens is 397 g/mol. The van der Waals surface area contributed by atoms with Gasteiger partial charge in [0, 0.05) is 40.0 Å². The highest BCUT2D eigenvalue weighted by molar-refractivity contribution is 8.13. The predicted octanol–water partition coefficient (Wildman–Crippen LogP) is 4.65. The van der Waals surface area contributed by atoms with Crippen molar-refractivity contribution in [1.82, 2.24) is 4.90 Å². The molecule has 0 atom stereocenters. The number of amides is 1. The van der Waals surface area contributed by atoms with E-state index < -0.39 is 4.92 Å². The highest BCUT2D eigenvalue weighted by Crippen LogP contribution is 2.27. The smallest absolute Gasteiger partial charge is 0.269 e. The highest BCUT2D eigenvalue weighted by atomic mass is 35.5. The van der Waals surface area contributed by atoms with E-state index in [1.54, 1.807) is 17.0 Å².